The average molecular weight is 187 g/mol. The van der Waals surface area contributed by atoms with Crippen LogP contribution in [-0.2, 0) is 6.61 Å². The predicted octanol–water partition coefficient (Wildman–Crippen LogP) is 3.17. The third-order valence-corrected chi connectivity index (χ3v) is 1.72. The van der Waals surface area contributed by atoms with Crippen molar-refractivity contribution in [2.24, 2.45) is 0 Å². The van der Waals surface area contributed by atoms with Gasteiger partial charge in [0, 0.05) is 5.02 Å². The fraction of sp³-hybridized carbons (Fsp3) is 0.400. The van der Waals surface area contributed by atoms with Crippen LogP contribution in [0.5, 0.6) is 0 Å². The van der Waals surface area contributed by atoms with E-state index in [9.17, 15) is 0 Å². The van der Waals surface area contributed by atoms with Crippen molar-refractivity contribution in [3.05, 3.63) is 34.3 Å². The van der Waals surface area contributed by atoms with Crippen LogP contribution in [0.2, 0.25) is 5.02 Å². The van der Waals surface area contributed by atoms with Crippen LogP contribution in [0.15, 0.2) is 18.2 Å². The van der Waals surface area contributed by atoms with Crippen LogP contribution in [0.25, 0.3) is 0 Å². The van der Waals surface area contributed by atoms with Crippen LogP contribution in [0.3, 0.4) is 0 Å². The van der Waals surface area contributed by atoms with Crippen LogP contribution in [-0.4, -0.2) is 5.11 Å². The van der Waals surface area contributed by atoms with Gasteiger partial charge in [-0.05, 0) is 30.2 Å². The molecular weight excluding hydrogens is 172 g/mol. The predicted molar refractivity (Wildman–Crippen MR) is 53.5 cm³/mol. The molecule has 0 aliphatic heterocycles. The lowest BCUT2D eigenvalue weighted by atomic mass is 10.1. The van der Waals surface area contributed by atoms with E-state index in [1.54, 1.807) is 6.07 Å². The second kappa shape index (κ2) is 6.04. The third-order valence-electron chi connectivity index (χ3n) is 1.48. The van der Waals surface area contributed by atoms with E-state index in [0.29, 0.717) is 5.02 Å². The minimum absolute atomic E-state index is 0.0619. The third kappa shape index (κ3) is 3.24. The topological polar surface area (TPSA) is 20.2 Å². The van der Waals surface area contributed by atoms with Crippen LogP contribution in [0, 0.1) is 6.92 Å². The molecular formula is C10H15ClO. The largest absolute Gasteiger partial charge is 0.392 e. The summed E-state index contributed by atoms with van der Waals surface area (Å²) < 4.78 is 0. The Kier molecular flexibility index (Phi) is 5.77. The number of halogens is 1. The molecule has 0 saturated carbocycles. The lowest BCUT2D eigenvalue weighted by molar-refractivity contribution is 0.281. The van der Waals surface area contributed by atoms with Crippen LogP contribution in [0.4, 0.5) is 0 Å². The summed E-state index contributed by atoms with van der Waals surface area (Å²) in [6.45, 7) is 6.01. The van der Waals surface area contributed by atoms with Gasteiger partial charge in [-0.2, -0.15) is 0 Å². The Bertz CT molecular complexity index is 233. The number of benzene rings is 1. The van der Waals surface area contributed by atoms with Gasteiger partial charge >= 0.3 is 0 Å². The molecule has 0 bridgehead atoms. The molecule has 0 atom stereocenters. The molecule has 1 aromatic rings. The first kappa shape index (κ1) is 11.5. The molecule has 0 unspecified atom stereocenters. The smallest absolute Gasteiger partial charge is 0.0684 e. The summed E-state index contributed by atoms with van der Waals surface area (Å²) >= 11 is 5.68. The number of aryl methyl sites for hydroxylation is 1. The van der Waals surface area contributed by atoms with E-state index in [-0.39, 0.29) is 6.61 Å². The molecule has 0 aromatic heterocycles. The van der Waals surface area contributed by atoms with Crippen molar-refractivity contribution in [2.45, 2.75) is 27.4 Å². The molecule has 0 heterocycles. The van der Waals surface area contributed by atoms with Crippen molar-refractivity contribution in [3.63, 3.8) is 0 Å². The molecule has 68 valence electrons. The highest BCUT2D eigenvalue weighted by atomic mass is 35.5. The van der Waals surface area contributed by atoms with Gasteiger partial charge < -0.3 is 5.11 Å². The van der Waals surface area contributed by atoms with Crippen molar-refractivity contribution < 1.29 is 5.11 Å². The number of aliphatic hydroxyl groups excluding tert-OH is 1. The van der Waals surface area contributed by atoms with E-state index in [0.717, 1.165) is 11.1 Å². The first-order valence-corrected chi connectivity index (χ1v) is 4.47. The molecule has 1 N–H and O–H groups in total. The van der Waals surface area contributed by atoms with Crippen molar-refractivity contribution in [2.75, 3.05) is 0 Å². The maximum Gasteiger partial charge on any atom is 0.0684 e. The Labute approximate surface area is 79.0 Å². The number of rotatable bonds is 1. The van der Waals surface area contributed by atoms with Gasteiger partial charge in [0.1, 0.15) is 0 Å². The molecule has 12 heavy (non-hydrogen) atoms. The Morgan fingerprint density at radius 2 is 1.92 bits per heavy atom. The van der Waals surface area contributed by atoms with Crippen molar-refractivity contribution in [3.8, 4) is 0 Å². The molecule has 1 nitrogen and oxygen atoms in total. The number of hydrogen-bond donors (Lipinski definition) is 1. The van der Waals surface area contributed by atoms with Gasteiger partial charge in [-0.25, -0.2) is 0 Å². The molecule has 1 aromatic carbocycles. The highest BCUT2D eigenvalue weighted by molar-refractivity contribution is 6.30. The van der Waals surface area contributed by atoms with Gasteiger partial charge in [0.15, 0.2) is 0 Å². The Morgan fingerprint density at radius 3 is 2.33 bits per heavy atom. The molecule has 0 aliphatic carbocycles. The van der Waals surface area contributed by atoms with Gasteiger partial charge in [0.2, 0.25) is 0 Å². The summed E-state index contributed by atoms with van der Waals surface area (Å²) in [5.41, 5.74) is 1.97. The van der Waals surface area contributed by atoms with Gasteiger partial charge in [0.25, 0.3) is 0 Å². The normalized spacial score (nSPS) is 8.75. The second-order valence-electron chi connectivity index (χ2n) is 2.23. The van der Waals surface area contributed by atoms with Crippen LogP contribution >= 0.6 is 11.6 Å². The van der Waals surface area contributed by atoms with Crippen molar-refractivity contribution in [1.29, 1.82) is 0 Å². The lowest BCUT2D eigenvalue weighted by Gasteiger charge is -2.00. The van der Waals surface area contributed by atoms with Crippen LogP contribution < -0.4 is 0 Å². The zero-order valence-corrected chi connectivity index (χ0v) is 8.52. The zero-order chi connectivity index (χ0) is 9.56. The summed E-state index contributed by atoms with van der Waals surface area (Å²) in [4.78, 5) is 0. The standard InChI is InChI=1S/C8H9ClO.C2H6/c1-6-2-3-8(9)4-7(6)5-10;1-2/h2-4,10H,5H2,1H3;1-2H3. The van der Waals surface area contributed by atoms with E-state index in [4.69, 9.17) is 16.7 Å². The Morgan fingerprint density at radius 1 is 1.33 bits per heavy atom. The first-order valence-electron chi connectivity index (χ1n) is 4.10. The molecule has 0 radical (unpaired) electrons. The highest BCUT2D eigenvalue weighted by Gasteiger charge is 1.95. The summed E-state index contributed by atoms with van der Waals surface area (Å²) in [5, 5.41) is 9.46. The molecule has 0 amide bonds. The number of aliphatic hydroxyl groups is 1. The molecule has 0 fully saturated rings. The molecule has 0 saturated heterocycles. The van der Waals surface area contributed by atoms with Crippen molar-refractivity contribution in [1.82, 2.24) is 0 Å². The van der Waals surface area contributed by atoms with Gasteiger partial charge in [0.05, 0.1) is 6.61 Å². The summed E-state index contributed by atoms with van der Waals surface area (Å²) in [7, 11) is 0. The summed E-state index contributed by atoms with van der Waals surface area (Å²) in [6.07, 6.45) is 0. The van der Waals surface area contributed by atoms with E-state index >= 15 is 0 Å². The minimum Gasteiger partial charge on any atom is -0.392 e. The zero-order valence-electron chi connectivity index (χ0n) is 7.76. The monoisotopic (exact) mass is 186 g/mol. The van der Waals surface area contributed by atoms with E-state index in [1.165, 1.54) is 0 Å². The van der Waals surface area contributed by atoms with Crippen molar-refractivity contribution >= 4 is 11.6 Å². The molecule has 1 rings (SSSR count). The van der Waals surface area contributed by atoms with E-state index in [2.05, 4.69) is 0 Å². The van der Waals surface area contributed by atoms with Crippen LogP contribution in [0.1, 0.15) is 25.0 Å². The minimum atomic E-state index is 0.0619. The fourth-order valence-electron chi connectivity index (χ4n) is 0.810. The molecule has 2 heteroatoms. The maximum atomic E-state index is 8.78. The SMILES string of the molecule is CC.Cc1ccc(Cl)cc1CO. The summed E-state index contributed by atoms with van der Waals surface area (Å²) in [6, 6.07) is 5.49. The maximum absolute atomic E-state index is 8.78. The second-order valence-corrected chi connectivity index (χ2v) is 2.67. The Balaban J connectivity index is 0.000000561. The van der Waals surface area contributed by atoms with E-state index in [1.807, 2.05) is 32.9 Å². The lowest BCUT2D eigenvalue weighted by Crippen LogP contribution is -1.86. The van der Waals surface area contributed by atoms with Gasteiger partial charge in [-0.3, -0.25) is 0 Å². The van der Waals surface area contributed by atoms with Gasteiger partial charge in [-0.15, -0.1) is 0 Å². The first-order chi connectivity index (χ1) is 5.74. The fourth-order valence-corrected chi connectivity index (χ4v) is 1.01. The quantitative estimate of drug-likeness (QED) is 0.715. The molecule has 0 aliphatic rings. The average Bonchev–Trinajstić information content (AvgIpc) is 2.13. The Hall–Kier alpha value is -0.530. The van der Waals surface area contributed by atoms with E-state index < -0.39 is 0 Å². The van der Waals surface area contributed by atoms with Gasteiger partial charge in [-0.1, -0.05) is 31.5 Å². The number of hydrogen-bond acceptors (Lipinski definition) is 1. The highest BCUT2D eigenvalue weighted by Crippen LogP contribution is 2.14. The summed E-state index contributed by atoms with van der Waals surface area (Å²) in [5.74, 6) is 0. The molecule has 0 spiro atoms.